The molecule has 2 heterocycles. The Bertz CT molecular complexity index is 712. The third kappa shape index (κ3) is 6.75. The summed E-state index contributed by atoms with van der Waals surface area (Å²) in [6, 6.07) is 9.88. The molecule has 3 rings (SSSR count). The Labute approximate surface area is 198 Å². The topological polar surface area (TPSA) is 75.6 Å². The van der Waals surface area contributed by atoms with Crippen molar-refractivity contribution in [2.24, 2.45) is 11.8 Å². The van der Waals surface area contributed by atoms with Crippen LogP contribution in [0.2, 0.25) is 0 Å². The van der Waals surface area contributed by atoms with E-state index in [0.717, 1.165) is 18.4 Å². The number of aliphatic hydroxyl groups is 1. The number of ether oxygens (including phenoxy) is 6. The van der Waals surface area contributed by atoms with Gasteiger partial charge >= 0.3 is 0 Å². The molecule has 2 aliphatic heterocycles. The molecule has 0 unspecified atom stereocenters. The van der Waals surface area contributed by atoms with Crippen molar-refractivity contribution in [3.8, 4) is 0 Å². The Morgan fingerprint density at radius 2 is 1.45 bits per heavy atom. The molecule has 188 valence electrons. The molecule has 1 aromatic carbocycles. The monoisotopic (exact) mass is 466 g/mol. The summed E-state index contributed by atoms with van der Waals surface area (Å²) in [7, 11) is 0. The number of rotatable bonds is 11. The summed E-state index contributed by atoms with van der Waals surface area (Å²) in [4.78, 5) is 0. The van der Waals surface area contributed by atoms with Gasteiger partial charge in [-0.15, -0.1) is 0 Å². The second-order valence-electron chi connectivity index (χ2n) is 10.2. The van der Waals surface area contributed by atoms with Crippen molar-refractivity contribution in [1.82, 2.24) is 0 Å². The minimum Gasteiger partial charge on any atom is -0.388 e. The molecule has 33 heavy (non-hydrogen) atoms. The first kappa shape index (κ1) is 26.5. The molecule has 1 aromatic rings. The summed E-state index contributed by atoms with van der Waals surface area (Å²) in [6.45, 7) is 13.7. The van der Waals surface area contributed by atoms with Gasteiger partial charge in [-0.2, -0.15) is 0 Å². The number of hydrogen-bond acceptors (Lipinski definition) is 7. The lowest BCUT2D eigenvalue weighted by atomic mass is 9.98. The van der Waals surface area contributed by atoms with E-state index in [1.807, 2.05) is 44.2 Å². The van der Waals surface area contributed by atoms with Gasteiger partial charge in [-0.05, 0) is 44.1 Å². The van der Waals surface area contributed by atoms with Gasteiger partial charge in [0, 0.05) is 0 Å². The normalized spacial score (nSPS) is 34.6. The number of aliphatic hydroxyl groups excluding tert-OH is 1. The third-order valence-electron chi connectivity index (χ3n) is 6.35. The molecule has 2 aliphatic rings. The second-order valence-corrected chi connectivity index (χ2v) is 10.2. The average molecular weight is 467 g/mol. The molecular weight excluding hydrogens is 424 g/mol. The van der Waals surface area contributed by atoms with Gasteiger partial charge in [0.1, 0.15) is 18.3 Å². The molecule has 0 spiro atoms. The van der Waals surface area contributed by atoms with Gasteiger partial charge in [0.05, 0.1) is 26.4 Å². The third-order valence-corrected chi connectivity index (χ3v) is 6.35. The molecular formula is C26H42O7. The van der Waals surface area contributed by atoms with Gasteiger partial charge in [0.25, 0.3) is 0 Å². The van der Waals surface area contributed by atoms with Crippen LogP contribution in [0.4, 0.5) is 0 Å². The van der Waals surface area contributed by atoms with E-state index in [1.165, 1.54) is 0 Å². The maximum atomic E-state index is 10.7. The van der Waals surface area contributed by atoms with Crippen LogP contribution in [-0.2, 0) is 35.0 Å². The first-order valence-electron chi connectivity index (χ1n) is 12.2. The highest BCUT2D eigenvalue weighted by Crippen LogP contribution is 2.44. The van der Waals surface area contributed by atoms with Crippen LogP contribution in [0.1, 0.15) is 59.9 Å². The fraction of sp³-hybridized carbons (Fsp3) is 0.769. The summed E-state index contributed by atoms with van der Waals surface area (Å²) in [5.74, 6) is -1.42. The lowest BCUT2D eigenvalue weighted by molar-refractivity contribution is -0.486. The summed E-state index contributed by atoms with van der Waals surface area (Å²) >= 11 is 0. The van der Waals surface area contributed by atoms with E-state index >= 15 is 0 Å². The number of fused-ring (bicyclic) bond motifs is 1. The SMILES string of the molecule is CC(C)CCO[C@]1(C)O[C@@H]2[C@@H](O[C@@]1(C)OCCC(C)C)[C@@H](OCc1ccccc1)OC[C@@H]2O. The van der Waals surface area contributed by atoms with Crippen LogP contribution in [0.3, 0.4) is 0 Å². The van der Waals surface area contributed by atoms with Crippen LogP contribution in [-0.4, -0.2) is 61.1 Å². The van der Waals surface area contributed by atoms with E-state index in [-0.39, 0.29) is 6.61 Å². The summed E-state index contributed by atoms with van der Waals surface area (Å²) < 4.78 is 37.4. The van der Waals surface area contributed by atoms with Crippen LogP contribution in [0.5, 0.6) is 0 Å². The van der Waals surface area contributed by atoms with Crippen molar-refractivity contribution >= 4 is 0 Å². The molecule has 0 saturated carbocycles. The van der Waals surface area contributed by atoms with Crippen molar-refractivity contribution in [3.63, 3.8) is 0 Å². The molecule has 0 bridgehead atoms. The molecule has 2 fully saturated rings. The summed E-state index contributed by atoms with van der Waals surface area (Å²) in [5, 5.41) is 10.7. The zero-order chi connectivity index (χ0) is 24.1. The predicted octanol–water partition coefficient (Wildman–Crippen LogP) is 4.26. The summed E-state index contributed by atoms with van der Waals surface area (Å²) in [5.41, 5.74) is 1.03. The van der Waals surface area contributed by atoms with Crippen molar-refractivity contribution in [2.45, 2.75) is 97.2 Å². The fourth-order valence-electron chi connectivity index (χ4n) is 3.96. The van der Waals surface area contributed by atoms with Gasteiger partial charge < -0.3 is 33.5 Å². The minimum atomic E-state index is -1.20. The first-order chi connectivity index (χ1) is 15.6. The van der Waals surface area contributed by atoms with Crippen molar-refractivity contribution in [1.29, 1.82) is 0 Å². The van der Waals surface area contributed by atoms with Gasteiger partial charge in [-0.3, -0.25) is 0 Å². The predicted molar refractivity (Wildman–Crippen MR) is 124 cm³/mol. The average Bonchev–Trinajstić information content (AvgIpc) is 2.75. The lowest BCUT2D eigenvalue weighted by Gasteiger charge is -2.56. The van der Waals surface area contributed by atoms with E-state index in [2.05, 4.69) is 27.7 Å². The molecule has 7 nitrogen and oxygen atoms in total. The highest BCUT2D eigenvalue weighted by atomic mass is 16.8. The Balaban J connectivity index is 1.77. The molecule has 6 atom stereocenters. The van der Waals surface area contributed by atoms with Gasteiger partial charge in [0.2, 0.25) is 11.6 Å². The highest BCUT2D eigenvalue weighted by Gasteiger charge is 2.61. The van der Waals surface area contributed by atoms with Gasteiger partial charge in [-0.25, -0.2) is 0 Å². The Morgan fingerprint density at radius 3 is 2.00 bits per heavy atom. The first-order valence-corrected chi connectivity index (χ1v) is 12.2. The van der Waals surface area contributed by atoms with Crippen LogP contribution >= 0.6 is 0 Å². The standard InChI is InChI=1S/C26H42O7/c1-18(2)12-14-30-25(5)26(6,31-15-13-19(3)4)33-23-22(32-25)21(27)17-29-24(23)28-16-20-10-8-7-9-11-20/h7-11,18-19,21-24,27H,12-17H2,1-6H3/t21-,22-,23+,24-,25+,26+/m0/s1. The van der Waals surface area contributed by atoms with Crippen LogP contribution in [0.25, 0.3) is 0 Å². The Kier molecular flexibility index (Phi) is 9.31. The lowest BCUT2D eigenvalue weighted by Crippen LogP contribution is -2.71. The Hall–Kier alpha value is -1.06. The molecule has 0 amide bonds. The van der Waals surface area contributed by atoms with Crippen LogP contribution < -0.4 is 0 Å². The van der Waals surface area contributed by atoms with E-state index in [1.54, 1.807) is 0 Å². The quantitative estimate of drug-likeness (QED) is 0.522. The van der Waals surface area contributed by atoms with Crippen LogP contribution in [0.15, 0.2) is 30.3 Å². The minimum absolute atomic E-state index is 0.0942. The molecule has 2 saturated heterocycles. The van der Waals surface area contributed by atoms with Crippen molar-refractivity contribution in [2.75, 3.05) is 19.8 Å². The molecule has 0 aliphatic carbocycles. The molecule has 1 N–H and O–H groups in total. The van der Waals surface area contributed by atoms with E-state index in [0.29, 0.717) is 31.7 Å². The maximum absolute atomic E-state index is 10.7. The largest absolute Gasteiger partial charge is 0.388 e. The maximum Gasteiger partial charge on any atom is 0.221 e. The summed E-state index contributed by atoms with van der Waals surface area (Å²) in [6.07, 6.45) is -1.13. The van der Waals surface area contributed by atoms with Crippen LogP contribution in [0, 0.1) is 11.8 Å². The molecule has 7 heteroatoms. The van der Waals surface area contributed by atoms with E-state index in [4.69, 9.17) is 28.4 Å². The smallest absolute Gasteiger partial charge is 0.221 e. The van der Waals surface area contributed by atoms with Gasteiger partial charge in [-0.1, -0.05) is 58.0 Å². The van der Waals surface area contributed by atoms with Gasteiger partial charge in [0.15, 0.2) is 6.29 Å². The molecule has 0 aromatic heterocycles. The zero-order valence-corrected chi connectivity index (χ0v) is 21.0. The van der Waals surface area contributed by atoms with Crippen molar-refractivity contribution in [3.05, 3.63) is 35.9 Å². The highest BCUT2D eigenvalue weighted by molar-refractivity contribution is 5.13. The fourth-order valence-corrected chi connectivity index (χ4v) is 3.96. The number of hydrogen-bond donors (Lipinski definition) is 1. The zero-order valence-electron chi connectivity index (χ0n) is 21.0. The van der Waals surface area contributed by atoms with E-state index in [9.17, 15) is 5.11 Å². The molecule has 0 radical (unpaired) electrons. The second kappa shape index (κ2) is 11.6. The van der Waals surface area contributed by atoms with Crippen molar-refractivity contribution < 1.29 is 33.5 Å². The van der Waals surface area contributed by atoms with E-state index < -0.39 is 36.2 Å². The number of benzene rings is 1. The Morgan fingerprint density at radius 1 is 0.909 bits per heavy atom.